The van der Waals surface area contributed by atoms with E-state index in [1.165, 1.54) is 5.56 Å². The zero-order chi connectivity index (χ0) is 17.8. The van der Waals surface area contributed by atoms with Crippen LogP contribution in [0.3, 0.4) is 0 Å². The molecular weight excluding hydrogens is 318 g/mol. The van der Waals surface area contributed by atoms with Crippen molar-refractivity contribution in [2.45, 2.75) is 6.42 Å². The maximum absolute atomic E-state index is 6.18. The predicted molar refractivity (Wildman–Crippen MR) is 107 cm³/mol. The summed E-state index contributed by atoms with van der Waals surface area (Å²) in [5.41, 5.74) is 5.28. The van der Waals surface area contributed by atoms with Crippen molar-refractivity contribution in [1.29, 1.82) is 0 Å². The largest absolute Gasteiger partial charge is 0.436 e. The van der Waals surface area contributed by atoms with Crippen molar-refractivity contribution in [1.82, 2.24) is 4.98 Å². The molecule has 2 nitrogen and oxygen atoms in total. The molecule has 0 spiro atoms. The Bertz CT molecular complexity index is 999. The molecule has 3 aromatic carbocycles. The molecule has 0 atom stereocenters. The van der Waals surface area contributed by atoms with Crippen LogP contribution in [0, 0.1) is 0 Å². The Labute approximate surface area is 153 Å². The number of rotatable bonds is 5. The molecule has 1 aromatic heterocycles. The van der Waals surface area contributed by atoms with E-state index in [2.05, 4.69) is 43.0 Å². The number of hydrogen-bond donors (Lipinski definition) is 0. The van der Waals surface area contributed by atoms with Gasteiger partial charge in [-0.25, -0.2) is 4.98 Å². The molecule has 0 aliphatic carbocycles. The standard InChI is InChI=1S/C24H19NO/c1-2-18-13-15-19(16-14-18)17-22-23(20-9-5-3-6-10-20)26-24(25-22)21-11-7-4-8-12-21/h2-16H,1,17H2. The molecule has 0 saturated heterocycles. The molecular formula is C24H19NO. The van der Waals surface area contributed by atoms with Gasteiger partial charge in [0, 0.05) is 17.5 Å². The number of oxazole rings is 1. The van der Waals surface area contributed by atoms with Crippen LogP contribution in [0.4, 0.5) is 0 Å². The highest BCUT2D eigenvalue weighted by atomic mass is 16.4. The number of aromatic nitrogens is 1. The van der Waals surface area contributed by atoms with Gasteiger partial charge in [-0.1, -0.05) is 85.5 Å². The van der Waals surface area contributed by atoms with Gasteiger partial charge >= 0.3 is 0 Å². The molecule has 0 aliphatic rings. The van der Waals surface area contributed by atoms with Crippen molar-refractivity contribution in [2.24, 2.45) is 0 Å². The van der Waals surface area contributed by atoms with Crippen LogP contribution < -0.4 is 0 Å². The highest BCUT2D eigenvalue weighted by Gasteiger charge is 2.16. The van der Waals surface area contributed by atoms with E-state index in [9.17, 15) is 0 Å². The molecule has 0 N–H and O–H groups in total. The first-order valence-electron chi connectivity index (χ1n) is 8.65. The van der Waals surface area contributed by atoms with Gasteiger partial charge in [-0.3, -0.25) is 0 Å². The van der Waals surface area contributed by atoms with E-state index < -0.39 is 0 Å². The molecule has 1 heterocycles. The van der Waals surface area contributed by atoms with Gasteiger partial charge in [0.05, 0.1) is 5.69 Å². The first-order chi connectivity index (χ1) is 12.8. The van der Waals surface area contributed by atoms with Crippen molar-refractivity contribution in [3.63, 3.8) is 0 Å². The second kappa shape index (κ2) is 7.24. The minimum Gasteiger partial charge on any atom is -0.436 e. The zero-order valence-corrected chi connectivity index (χ0v) is 14.4. The van der Waals surface area contributed by atoms with Crippen LogP contribution in [0.2, 0.25) is 0 Å². The van der Waals surface area contributed by atoms with Gasteiger partial charge in [-0.15, -0.1) is 0 Å². The second-order valence-corrected chi connectivity index (χ2v) is 6.15. The molecule has 4 aromatic rings. The summed E-state index contributed by atoms with van der Waals surface area (Å²) in [4.78, 5) is 4.81. The Morgan fingerprint density at radius 1 is 0.769 bits per heavy atom. The van der Waals surface area contributed by atoms with Gasteiger partial charge in [-0.2, -0.15) is 0 Å². The molecule has 0 amide bonds. The quantitative estimate of drug-likeness (QED) is 0.430. The molecule has 0 radical (unpaired) electrons. The van der Waals surface area contributed by atoms with Crippen molar-refractivity contribution >= 4 is 6.08 Å². The summed E-state index contributed by atoms with van der Waals surface area (Å²) >= 11 is 0. The fourth-order valence-corrected chi connectivity index (χ4v) is 2.96. The summed E-state index contributed by atoms with van der Waals surface area (Å²) in [5.74, 6) is 1.49. The fourth-order valence-electron chi connectivity index (χ4n) is 2.96. The molecule has 2 heteroatoms. The van der Waals surface area contributed by atoms with Gasteiger partial charge in [0.25, 0.3) is 0 Å². The van der Waals surface area contributed by atoms with Crippen LogP contribution in [-0.2, 0) is 6.42 Å². The molecule has 0 saturated carbocycles. The van der Waals surface area contributed by atoms with Crippen LogP contribution in [-0.4, -0.2) is 4.98 Å². The molecule has 0 unspecified atom stereocenters. The SMILES string of the molecule is C=Cc1ccc(Cc2nc(-c3ccccc3)oc2-c2ccccc2)cc1. The van der Waals surface area contributed by atoms with Crippen molar-refractivity contribution < 1.29 is 4.42 Å². The Kier molecular flexibility index (Phi) is 4.48. The lowest BCUT2D eigenvalue weighted by Gasteiger charge is -2.02. The van der Waals surface area contributed by atoms with Crippen LogP contribution in [0.15, 0.2) is 95.9 Å². The third-order valence-corrected chi connectivity index (χ3v) is 4.34. The van der Waals surface area contributed by atoms with E-state index in [1.807, 2.05) is 54.6 Å². The summed E-state index contributed by atoms with van der Waals surface area (Å²) in [7, 11) is 0. The zero-order valence-electron chi connectivity index (χ0n) is 14.4. The van der Waals surface area contributed by atoms with E-state index in [4.69, 9.17) is 9.40 Å². The normalized spacial score (nSPS) is 10.6. The van der Waals surface area contributed by atoms with Crippen LogP contribution in [0.5, 0.6) is 0 Å². The Balaban J connectivity index is 1.76. The number of benzene rings is 3. The van der Waals surface area contributed by atoms with E-state index in [1.54, 1.807) is 0 Å². The Hall–Kier alpha value is -3.39. The van der Waals surface area contributed by atoms with Gasteiger partial charge < -0.3 is 4.42 Å². The monoisotopic (exact) mass is 337 g/mol. The van der Waals surface area contributed by atoms with Crippen LogP contribution in [0.25, 0.3) is 28.9 Å². The van der Waals surface area contributed by atoms with E-state index in [0.717, 1.165) is 34.6 Å². The third kappa shape index (κ3) is 3.35. The average molecular weight is 337 g/mol. The lowest BCUT2D eigenvalue weighted by atomic mass is 10.0. The first-order valence-corrected chi connectivity index (χ1v) is 8.65. The van der Waals surface area contributed by atoms with E-state index in [0.29, 0.717) is 5.89 Å². The molecule has 0 bridgehead atoms. The van der Waals surface area contributed by atoms with Crippen LogP contribution in [0.1, 0.15) is 16.8 Å². The third-order valence-electron chi connectivity index (χ3n) is 4.34. The highest BCUT2D eigenvalue weighted by Crippen LogP contribution is 2.31. The van der Waals surface area contributed by atoms with Crippen LogP contribution >= 0.6 is 0 Å². The second-order valence-electron chi connectivity index (χ2n) is 6.15. The summed E-state index contributed by atoms with van der Waals surface area (Å²) in [5, 5.41) is 0. The van der Waals surface area contributed by atoms with Crippen molar-refractivity contribution in [3.8, 4) is 22.8 Å². The van der Waals surface area contributed by atoms with Gasteiger partial charge in [0.2, 0.25) is 5.89 Å². The highest BCUT2D eigenvalue weighted by molar-refractivity contribution is 5.64. The van der Waals surface area contributed by atoms with Crippen molar-refractivity contribution in [2.75, 3.05) is 0 Å². The Morgan fingerprint density at radius 3 is 2.00 bits per heavy atom. The maximum Gasteiger partial charge on any atom is 0.227 e. The number of hydrogen-bond acceptors (Lipinski definition) is 2. The average Bonchev–Trinajstić information content (AvgIpc) is 3.14. The first kappa shape index (κ1) is 16.1. The molecule has 126 valence electrons. The molecule has 4 rings (SSSR count). The number of nitrogens with zero attached hydrogens (tertiary/aromatic N) is 1. The lowest BCUT2D eigenvalue weighted by Crippen LogP contribution is -1.91. The molecule has 26 heavy (non-hydrogen) atoms. The molecule has 0 aliphatic heterocycles. The lowest BCUT2D eigenvalue weighted by molar-refractivity contribution is 0.587. The fraction of sp³-hybridized carbons (Fsp3) is 0.0417. The summed E-state index contributed by atoms with van der Waals surface area (Å²) in [6, 6.07) is 28.5. The summed E-state index contributed by atoms with van der Waals surface area (Å²) in [6.45, 7) is 3.81. The van der Waals surface area contributed by atoms with Gasteiger partial charge in [0.15, 0.2) is 5.76 Å². The van der Waals surface area contributed by atoms with Crippen molar-refractivity contribution in [3.05, 3.63) is 108 Å². The topological polar surface area (TPSA) is 26.0 Å². The van der Waals surface area contributed by atoms with E-state index >= 15 is 0 Å². The smallest absolute Gasteiger partial charge is 0.227 e. The van der Waals surface area contributed by atoms with E-state index in [-0.39, 0.29) is 0 Å². The summed E-state index contributed by atoms with van der Waals surface area (Å²) < 4.78 is 6.18. The minimum absolute atomic E-state index is 0.655. The maximum atomic E-state index is 6.18. The summed E-state index contributed by atoms with van der Waals surface area (Å²) in [6.07, 6.45) is 2.57. The predicted octanol–water partition coefficient (Wildman–Crippen LogP) is 6.24. The molecule has 0 fully saturated rings. The van der Waals surface area contributed by atoms with Gasteiger partial charge in [-0.05, 0) is 23.3 Å². The minimum atomic E-state index is 0.655. The van der Waals surface area contributed by atoms with Gasteiger partial charge in [0.1, 0.15) is 0 Å². The Morgan fingerprint density at radius 2 is 1.38 bits per heavy atom.